The maximum Gasteiger partial charge on any atom is 0.251 e. The maximum atomic E-state index is 11.8. The van der Waals surface area contributed by atoms with Crippen molar-refractivity contribution >= 4 is 21.8 Å². The predicted octanol–water partition coefficient (Wildman–Crippen LogP) is 2.49. The Hall–Kier alpha value is -0.870. The Morgan fingerprint density at radius 1 is 1.24 bits per heavy atom. The molecule has 1 aromatic carbocycles. The van der Waals surface area contributed by atoms with Gasteiger partial charge in [0.2, 0.25) is 0 Å². The molecule has 0 fully saturated rings. The normalized spacial score (nSPS) is 10.3. The zero-order valence-corrected chi connectivity index (χ0v) is 11.9. The van der Waals surface area contributed by atoms with Gasteiger partial charge in [0.1, 0.15) is 0 Å². The molecule has 0 aliphatic carbocycles. The molecule has 0 spiro atoms. The summed E-state index contributed by atoms with van der Waals surface area (Å²) in [6.45, 7) is 6.56. The first-order valence-electron chi connectivity index (χ1n) is 5.89. The van der Waals surface area contributed by atoms with Crippen LogP contribution in [0.5, 0.6) is 0 Å². The van der Waals surface area contributed by atoms with E-state index < -0.39 is 0 Å². The zero-order chi connectivity index (χ0) is 12.7. The van der Waals surface area contributed by atoms with E-state index >= 15 is 0 Å². The molecule has 4 heteroatoms. The van der Waals surface area contributed by atoms with Crippen molar-refractivity contribution in [3.05, 3.63) is 33.8 Å². The molecule has 0 aromatic heterocycles. The first-order chi connectivity index (χ1) is 8.13. The van der Waals surface area contributed by atoms with Gasteiger partial charge in [0.05, 0.1) is 0 Å². The van der Waals surface area contributed by atoms with E-state index in [0.717, 1.165) is 29.5 Å². The highest BCUT2D eigenvalue weighted by Gasteiger charge is 2.05. The predicted molar refractivity (Wildman–Crippen MR) is 74.4 cm³/mol. The summed E-state index contributed by atoms with van der Waals surface area (Å²) in [4.78, 5) is 11.8. The van der Waals surface area contributed by atoms with Gasteiger partial charge in [-0.2, -0.15) is 0 Å². The quantitative estimate of drug-likeness (QED) is 0.792. The lowest BCUT2D eigenvalue weighted by molar-refractivity contribution is 0.0954. The molecule has 0 radical (unpaired) electrons. The molecule has 0 bridgehead atoms. The summed E-state index contributed by atoms with van der Waals surface area (Å²) in [5.74, 6) is -0.0206. The average Bonchev–Trinajstić information content (AvgIpc) is 2.27. The number of hydrogen-bond donors (Lipinski definition) is 2. The summed E-state index contributed by atoms with van der Waals surface area (Å²) < 4.78 is 0.937. The third kappa shape index (κ3) is 5.33. The van der Waals surface area contributed by atoms with Crippen molar-refractivity contribution in [2.75, 3.05) is 19.6 Å². The topological polar surface area (TPSA) is 41.1 Å². The second-order valence-corrected chi connectivity index (χ2v) is 4.94. The highest BCUT2D eigenvalue weighted by Crippen LogP contribution is 2.15. The van der Waals surface area contributed by atoms with Crippen LogP contribution >= 0.6 is 15.9 Å². The number of benzene rings is 1. The maximum absolute atomic E-state index is 11.8. The lowest BCUT2D eigenvalue weighted by atomic mass is 10.1. The summed E-state index contributed by atoms with van der Waals surface area (Å²) >= 11 is 3.39. The van der Waals surface area contributed by atoms with Gasteiger partial charge in [-0.05, 0) is 43.7 Å². The third-order valence-electron chi connectivity index (χ3n) is 2.32. The molecule has 1 aromatic rings. The van der Waals surface area contributed by atoms with Crippen molar-refractivity contribution in [2.24, 2.45) is 0 Å². The van der Waals surface area contributed by atoms with Crippen molar-refractivity contribution in [2.45, 2.75) is 20.3 Å². The van der Waals surface area contributed by atoms with Crippen LogP contribution in [0.4, 0.5) is 0 Å². The van der Waals surface area contributed by atoms with Crippen molar-refractivity contribution in [3.8, 4) is 0 Å². The Bertz CT molecular complexity index is 359. The number of carbonyl (C=O) groups is 1. The van der Waals surface area contributed by atoms with E-state index in [1.807, 2.05) is 25.1 Å². The molecule has 0 atom stereocenters. The number of nitrogens with one attached hydrogen (secondary N) is 2. The molecule has 0 saturated carbocycles. The molecular weight excluding hydrogens is 280 g/mol. The number of carbonyl (C=O) groups excluding carboxylic acids is 1. The van der Waals surface area contributed by atoms with E-state index in [4.69, 9.17) is 0 Å². The minimum atomic E-state index is -0.0206. The van der Waals surface area contributed by atoms with E-state index in [2.05, 4.69) is 33.5 Å². The van der Waals surface area contributed by atoms with Crippen LogP contribution in [0.2, 0.25) is 0 Å². The van der Waals surface area contributed by atoms with Gasteiger partial charge in [-0.25, -0.2) is 0 Å². The van der Waals surface area contributed by atoms with Crippen molar-refractivity contribution in [3.63, 3.8) is 0 Å². The summed E-state index contributed by atoms with van der Waals surface area (Å²) in [6, 6.07) is 5.71. The molecule has 1 amide bonds. The van der Waals surface area contributed by atoms with Crippen molar-refractivity contribution in [1.82, 2.24) is 10.6 Å². The average molecular weight is 299 g/mol. The molecule has 0 aliphatic rings. The molecule has 94 valence electrons. The van der Waals surface area contributed by atoms with Crippen LogP contribution in [0.15, 0.2) is 22.7 Å². The number of hydrogen-bond acceptors (Lipinski definition) is 2. The Balaban J connectivity index is 2.41. The minimum absolute atomic E-state index is 0.0206. The lowest BCUT2D eigenvalue weighted by Crippen LogP contribution is -2.32. The molecule has 3 nitrogen and oxygen atoms in total. The van der Waals surface area contributed by atoms with Crippen LogP contribution in [0, 0.1) is 6.92 Å². The molecule has 1 rings (SSSR count). The van der Waals surface area contributed by atoms with Gasteiger partial charge < -0.3 is 10.6 Å². The monoisotopic (exact) mass is 298 g/mol. The van der Waals surface area contributed by atoms with Gasteiger partial charge in [0.25, 0.3) is 5.91 Å². The van der Waals surface area contributed by atoms with Gasteiger partial charge in [-0.15, -0.1) is 0 Å². The van der Waals surface area contributed by atoms with E-state index in [1.54, 1.807) is 0 Å². The fourth-order valence-corrected chi connectivity index (χ4v) is 2.14. The first kappa shape index (κ1) is 14.2. The van der Waals surface area contributed by atoms with Gasteiger partial charge in [0.15, 0.2) is 0 Å². The minimum Gasteiger partial charge on any atom is -0.351 e. The summed E-state index contributed by atoms with van der Waals surface area (Å²) in [7, 11) is 0. The second kappa shape index (κ2) is 7.45. The van der Waals surface area contributed by atoms with Crippen LogP contribution in [0.1, 0.15) is 29.3 Å². The Morgan fingerprint density at radius 2 is 2.00 bits per heavy atom. The smallest absolute Gasteiger partial charge is 0.251 e. The van der Waals surface area contributed by atoms with Crippen molar-refractivity contribution < 1.29 is 4.79 Å². The molecule has 0 heterocycles. The molecule has 0 aliphatic heterocycles. The van der Waals surface area contributed by atoms with Crippen LogP contribution in [-0.2, 0) is 0 Å². The zero-order valence-electron chi connectivity index (χ0n) is 10.3. The van der Waals surface area contributed by atoms with E-state index in [-0.39, 0.29) is 5.91 Å². The number of rotatable bonds is 6. The van der Waals surface area contributed by atoms with Crippen LogP contribution in [0.25, 0.3) is 0 Å². The van der Waals surface area contributed by atoms with Gasteiger partial charge in [-0.3, -0.25) is 4.79 Å². The highest BCUT2D eigenvalue weighted by atomic mass is 79.9. The summed E-state index contributed by atoms with van der Waals surface area (Å²) in [5.41, 5.74) is 1.78. The fraction of sp³-hybridized carbons (Fsp3) is 0.462. The van der Waals surface area contributed by atoms with Crippen LogP contribution in [0.3, 0.4) is 0 Å². The van der Waals surface area contributed by atoms with Crippen molar-refractivity contribution in [1.29, 1.82) is 0 Å². The van der Waals surface area contributed by atoms with Crippen LogP contribution < -0.4 is 10.6 Å². The Labute approximate surface area is 111 Å². The second-order valence-electron chi connectivity index (χ2n) is 4.02. The molecule has 0 unspecified atom stereocenters. The number of aryl methyl sites for hydroxylation is 1. The lowest BCUT2D eigenvalue weighted by Gasteiger charge is -2.07. The number of halogens is 1. The van der Waals surface area contributed by atoms with Gasteiger partial charge >= 0.3 is 0 Å². The third-order valence-corrected chi connectivity index (χ3v) is 2.78. The fourth-order valence-electron chi connectivity index (χ4n) is 1.54. The SMILES string of the molecule is CCCNCCNC(=O)c1cc(C)cc(Br)c1. The van der Waals surface area contributed by atoms with E-state index in [0.29, 0.717) is 12.1 Å². The number of amides is 1. The van der Waals surface area contributed by atoms with E-state index in [9.17, 15) is 4.79 Å². The summed E-state index contributed by atoms with van der Waals surface area (Å²) in [6.07, 6.45) is 1.11. The van der Waals surface area contributed by atoms with Gasteiger partial charge in [-0.1, -0.05) is 22.9 Å². The Kier molecular flexibility index (Phi) is 6.22. The standard InChI is InChI=1S/C13H19BrN2O/c1-3-4-15-5-6-16-13(17)11-7-10(2)8-12(14)9-11/h7-9,15H,3-6H2,1-2H3,(H,16,17). The molecular formula is C13H19BrN2O. The first-order valence-corrected chi connectivity index (χ1v) is 6.69. The van der Waals surface area contributed by atoms with E-state index in [1.165, 1.54) is 0 Å². The molecule has 17 heavy (non-hydrogen) atoms. The van der Waals surface area contributed by atoms with Gasteiger partial charge in [0, 0.05) is 23.1 Å². The largest absolute Gasteiger partial charge is 0.351 e. The van der Waals surface area contributed by atoms with Crippen LogP contribution in [-0.4, -0.2) is 25.5 Å². The molecule has 2 N–H and O–H groups in total. The highest BCUT2D eigenvalue weighted by molar-refractivity contribution is 9.10. The summed E-state index contributed by atoms with van der Waals surface area (Å²) in [5, 5.41) is 6.13. The Morgan fingerprint density at radius 3 is 2.65 bits per heavy atom. The molecule has 0 saturated heterocycles.